The van der Waals surface area contributed by atoms with E-state index in [9.17, 15) is 0 Å². The number of hydrogen-bond donors (Lipinski definition) is 1. The second-order valence-electron chi connectivity index (χ2n) is 5.98. The average molecular weight is 278 g/mol. The summed E-state index contributed by atoms with van der Waals surface area (Å²) in [6.07, 6.45) is 3.37. The van der Waals surface area contributed by atoms with Gasteiger partial charge in [-0.25, -0.2) is 5.90 Å². The topological polar surface area (TPSA) is 47.7 Å². The van der Waals surface area contributed by atoms with Crippen molar-refractivity contribution in [2.45, 2.75) is 31.3 Å². The van der Waals surface area contributed by atoms with Gasteiger partial charge in [0.1, 0.15) is 5.75 Å². The molecule has 2 N–H and O–H groups in total. The quantitative estimate of drug-likeness (QED) is 0.840. The van der Waals surface area contributed by atoms with Gasteiger partial charge in [0.2, 0.25) is 0 Å². The van der Waals surface area contributed by atoms with Gasteiger partial charge < -0.3 is 14.5 Å². The second-order valence-corrected chi connectivity index (χ2v) is 5.98. The lowest BCUT2D eigenvalue weighted by molar-refractivity contribution is 0.00204. The van der Waals surface area contributed by atoms with Crippen molar-refractivity contribution < 1.29 is 9.57 Å². The van der Waals surface area contributed by atoms with Crippen LogP contribution in [0.15, 0.2) is 24.3 Å². The highest BCUT2D eigenvalue weighted by Gasteiger charge is 2.32. The lowest BCUT2D eigenvalue weighted by atomic mass is 9.74. The Balaban J connectivity index is 2.17. The fourth-order valence-electron chi connectivity index (χ4n) is 3.33. The van der Waals surface area contributed by atoms with E-state index < -0.39 is 0 Å². The van der Waals surface area contributed by atoms with Crippen LogP contribution in [0.4, 0.5) is 0 Å². The van der Waals surface area contributed by atoms with Crippen LogP contribution in [0, 0.1) is 5.92 Å². The monoisotopic (exact) mass is 278 g/mol. The summed E-state index contributed by atoms with van der Waals surface area (Å²) in [7, 11) is 5.96. The summed E-state index contributed by atoms with van der Waals surface area (Å²) in [6.45, 7) is 1.06. The standard InChI is InChI=1S/C16H26N2O2/c1-18(2)11-13-10-15(20-17)7-8-16(13)12-5-4-6-14(9-12)19-3/h4-6,9,13,15-16H,7-8,10-11,17H2,1-3H3. The van der Waals surface area contributed by atoms with Gasteiger partial charge in [-0.05, 0) is 62.9 Å². The highest BCUT2D eigenvalue weighted by molar-refractivity contribution is 5.31. The van der Waals surface area contributed by atoms with Crippen LogP contribution in [0.5, 0.6) is 5.75 Å². The van der Waals surface area contributed by atoms with E-state index in [1.807, 2.05) is 6.07 Å². The molecule has 0 aromatic heterocycles. The third kappa shape index (κ3) is 3.72. The normalized spacial score (nSPS) is 26.8. The predicted octanol–water partition coefficient (Wildman–Crippen LogP) is 2.40. The van der Waals surface area contributed by atoms with Crippen molar-refractivity contribution in [2.24, 2.45) is 11.8 Å². The van der Waals surface area contributed by atoms with Gasteiger partial charge in [-0.15, -0.1) is 0 Å². The number of ether oxygens (including phenoxy) is 1. The van der Waals surface area contributed by atoms with Gasteiger partial charge in [-0.3, -0.25) is 0 Å². The molecule has 1 fully saturated rings. The van der Waals surface area contributed by atoms with Gasteiger partial charge in [0.05, 0.1) is 13.2 Å². The molecule has 3 unspecified atom stereocenters. The molecule has 0 saturated heterocycles. The SMILES string of the molecule is COc1cccc(C2CCC(ON)CC2CN(C)C)c1. The third-order valence-corrected chi connectivity index (χ3v) is 4.25. The van der Waals surface area contributed by atoms with Crippen LogP contribution in [-0.4, -0.2) is 38.8 Å². The molecular weight excluding hydrogens is 252 g/mol. The number of nitrogens with two attached hydrogens (primary N) is 1. The number of rotatable bonds is 5. The number of nitrogens with zero attached hydrogens (tertiary/aromatic N) is 1. The Hall–Kier alpha value is -1.10. The lowest BCUT2D eigenvalue weighted by Gasteiger charge is -2.37. The first-order valence-corrected chi connectivity index (χ1v) is 7.28. The zero-order chi connectivity index (χ0) is 14.5. The van der Waals surface area contributed by atoms with Crippen molar-refractivity contribution in [1.29, 1.82) is 0 Å². The van der Waals surface area contributed by atoms with E-state index in [0.29, 0.717) is 11.8 Å². The molecule has 1 aliphatic carbocycles. The third-order valence-electron chi connectivity index (χ3n) is 4.25. The maximum Gasteiger partial charge on any atom is 0.119 e. The van der Waals surface area contributed by atoms with Crippen molar-refractivity contribution in [2.75, 3.05) is 27.7 Å². The second kappa shape index (κ2) is 7.07. The van der Waals surface area contributed by atoms with E-state index in [0.717, 1.165) is 31.6 Å². The van der Waals surface area contributed by atoms with Crippen molar-refractivity contribution in [1.82, 2.24) is 4.90 Å². The van der Waals surface area contributed by atoms with Crippen LogP contribution >= 0.6 is 0 Å². The van der Waals surface area contributed by atoms with Crippen LogP contribution in [0.1, 0.15) is 30.7 Å². The first-order valence-electron chi connectivity index (χ1n) is 7.28. The molecule has 0 amide bonds. The molecule has 0 heterocycles. The molecule has 1 aliphatic rings. The number of hydrogen-bond acceptors (Lipinski definition) is 4. The molecule has 1 aromatic rings. The largest absolute Gasteiger partial charge is 0.497 e. The molecule has 3 atom stereocenters. The Bertz CT molecular complexity index is 423. The molecule has 112 valence electrons. The fraction of sp³-hybridized carbons (Fsp3) is 0.625. The van der Waals surface area contributed by atoms with E-state index in [1.54, 1.807) is 7.11 Å². The van der Waals surface area contributed by atoms with E-state index in [1.165, 1.54) is 5.56 Å². The minimum absolute atomic E-state index is 0.196. The molecule has 1 saturated carbocycles. The first-order chi connectivity index (χ1) is 9.63. The fourth-order valence-corrected chi connectivity index (χ4v) is 3.33. The number of benzene rings is 1. The summed E-state index contributed by atoms with van der Waals surface area (Å²) in [5, 5.41) is 0. The Morgan fingerprint density at radius 2 is 2.10 bits per heavy atom. The maximum atomic E-state index is 5.39. The zero-order valence-electron chi connectivity index (χ0n) is 12.7. The summed E-state index contributed by atoms with van der Waals surface area (Å²) in [6, 6.07) is 8.45. The molecule has 0 spiro atoms. The highest BCUT2D eigenvalue weighted by Crippen LogP contribution is 2.39. The molecule has 1 aromatic carbocycles. The Labute approximate surface area is 121 Å². The van der Waals surface area contributed by atoms with Crippen LogP contribution in [0.2, 0.25) is 0 Å². The Morgan fingerprint density at radius 3 is 2.75 bits per heavy atom. The molecule has 4 nitrogen and oxygen atoms in total. The minimum atomic E-state index is 0.196. The molecular formula is C16H26N2O2. The summed E-state index contributed by atoms with van der Waals surface area (Å²) >= 11 is 0. The molecule has 20 heavy (non-hydrogen) atoms. The van der Waals surface area contributed by atoms with Crippen molar-refractivity contribution in [3.8, 4) is 5.75 Å². The molecule has 0 radical (unpaired) electrons. The number of methoxy groups -OCH3 is 1. The smallest absolute Gasteiger partial charge is 0.119 e. The van der Waals surface area contributed by atoms with Gasteiger partial charge in [0.15, 0.2) is 0 Å². The average Bonchev–Trinajstić information content (AvgIpc) is 2.46. The van der Waals surface area contributed by atoms with E-state index in [2.05, 4.69) is 37.2 Å². The van der Waals surface area contributed by atoms with Crippen LogP contribution in [-0.2, 0) is 4.84 Å². The summed E-state index contributed by atoms with van der Waals surface area (Å²) in [5.74, 6) is 7.45. The van der Waals surface area contributed by atoms with Crippen LogP contribution in [0.25, 0.3) is 0 Å². The van der Waals surface area contributed by atoms with Gasteiger partial charge in [-0.2, -0.15) is 0 Å². The van der Waals surface area contributed by atoms with E-state index in [-0.39, 0.29) is 6.10 Å². The molecule has 0 bridgehead atoms. The summed E-state index contributed by atoms with van der Waals surface area (Å²) < 4.78 is 5.35. The van der Waals surface area contributed by atoms with E-state index >= 15 is 0 Å². The highest BCUT2D eigenvalue weighted by atomic mass is 16.6. The Morgan fingerprint density at radius 1 is 1.30 bits per heavy atom. The summed E-state index contributed by atoms with van der Waals surface area (Å²) in [5.41, 5.74) is 1.37. The lowest BCUT2D eigenvalue weighted by Crippen LogP contribution is -2.35. The van der Waals surface area contributed by atoms with Crippen LogP contribution < -0.4 is 10.6 Å². The molecule has 0 aliphatic heterocycles. The molecule has 4 heteroatoms. The van der Waals surface area contributed by atoms with Gasteiger partial charge >= 0.3 is 0 Å². The maximum absolute atomic E-state index is 5.39. The zero-order valence-corrected chi connectivity index (χ0v) is 12.7. The predicted molar refractivity (Wildman–Crippen MR) is 80.7 cm³/mol. The van der Waals surface area contributed by atoms with Crippen LogP contribution in [0.3, 0.4) is 0 Å². The van der Waals surface area contributed by atoms with Gasteiger partial charge in [0.25, 0.3) is 0 Å². The van der Waals surface area contributed by atoms with Crippen molar-refractivity contribution >= 4 is 0 Å². The van der Waals surface area contributed by atoms with Gasteiger partial charge in [-0.1, -0.05) is 12.1 Å². The molecule has 2 rings (SSSR count). The first kappa shape index (κ1) is 15.3. The van der Waals surface area contributed by atoms with Crippen molar-refractivity contribution in [3.05, 3.63) is 29.8 Å². The van der Waals surface area contributed by atoms with Gasteiger partial charge in [0, 0.05) is 6.54 Å². The van der Waals surface area contributed by atoms with E-state index in [4.69, 9.17) is 15.5 Å². The Kier molecular flexibility index (Phi) is 5.40. The summed E-state index contributed by atoms with van der Waals surface area (Å²) in [4.78, 5) is 7.34. The minimum Gasteiger partial charge on any atom is -0.497 e. The van der Waals surface area contributed by atoms with Crippen molar-refractivity contribution in [3.63, 3.8) is 0 Å².